The number of fused-ring (bicyclic) bond motifs is 2. The zero-order chi connectivity index (χ0) is 6.48. The standard InChI is InChI=1S/C7H14N2/c1-7(8)4-5-2-3-6(7)9-5/h5-6,9H,2-4,8H2,1H3. The van der Waals surface area contributed by atoms with E-state index in [0.29, 0.717) is 6.04 Å². The minimum absolute atomic E-state index is 0.100. The molecule has 0 spiro atoms. The third kappa shape index (κ3) is 0.700. The second-order valence-corrected chi connectivity index (χ2v) is 3.70. The van der Waals surface area contributed by atoms with Gasteiger partial charge in [-0.15, -0.1) is 0 Å². The number of hydrogen-bond donors (Lipinski definition) is 2. The molecule has 2 nitrogen and oxygen atoms in total. The molecule has 52 valence electrons. The Bertz CT molecular complexity index is 131. The quantitative estimate of drug-likeness (QED) is 0.487. The molecule has 2 bridgehead atoms. The average Bonchev–Trinajstić information content (AvgIpc) is 2.19. The van der Waals surface area contributed by atoms with Crippen molar-refractivity contribution in [3.63, 3.8) is 0 Å². The summed E-state index contributed by atoms with van der Waals surface area (Å²) in [4.78, 5) is 0. The maximum absolute atomic E-state index is 6.00. The van der Waals surface area contributed by atoms with Crippen molar-refractivity contribution in [2.45, 2.75) is 43.8 Å². The van der Waals surface area contributed by atoms with Crippen LogP contribution in [0.2, 0.25) is 0 Å². The van der Waals surface area contributed by atoms with E-state index in [0.717, 1.165) is 6.04 Å². The second kappa shape index (κ2) is 1.50. The van der Waals surface area contributed by atoms with Gasteiger partial charge in [-0.2, -0.15) is 0 Å². The average molecular weight is 126 g/mol. The molecule has 2 fully saturated rings. The molecule has 0 aliphatic carbocycles. The van der Waals surface area contributed by atoms with Crippen LogP contribution >= 0.6 is 0 Å². The molecule has 0 aromatic carbocycles. The molecule has 2 aliphatic rings. The Kier molecular flexibility index (Phi) is 0.945. The second-order valence-electron chi connectivity index (χ2n) is 3.70. The summed E-state index contributed by atoms with van der Waals surface area (Å²) in [6.07, 6.45) is 3.81. The van der Waals surface area contributed by atoms with Crippen molar-refractivity contribution in [1.82, 2.24) is 5.32 Å². The highest BCUT2D eigenvalue weighted by atomic mass is 15.1. The van der Waals surface area contributed by atoms with Crippen LogP contribution < -0.4 is 11.1 Å². The zero-order valence-corrected chi connectivity index (χ0v) is 5.85. The van der Waals surface area contributed by atoms with Gasteiger partial charge in [0.05, 0.1) is 0 Å². The Morgan fingerprint density at radius 2 is 2.33 bits per heavy atom. The van der Waals surface area contributed by atoms with E-state index in [9.17, 15) is 0 Å². The fourth-order valence-corrected chi connectivity index (χ4v) is 2.17. The van der Waals surface area contributed by atoms with Gasteiger partial charge in [-0.3, -0.25) is 0 Å². The number of hydrogen-bond acceptors (Lipinski definition) is 2. The summed E-state index contributed by atoms with van der Waals surface area (Å²) in [6, 6.07) is 1.35. The molecule has 0 saturated carbocycles. The van der Waals surface area contributed by atoms with Gasteiger partial charge in [0.2, 0.25) is 0 Å². The highest BCUT2D eigenvalue weighted by molar-refractivity contribution is 5.07. The molecule has 9 heavy (non-hydrogen) atoms. The lowest BCUT2D eigenvalue weighted by atomic mass is 9.84. The summed E-state index contributed by atoms with van der Waals surface area (Å²) in [5, 5.41) is 3.49. The highest BCUT2D eigenvalue weighted by Gasteiger charge is 2.44. The number of nitrogens with two attached hydrogens (primary N) is 1. The smallest absolute Gasteiger partial charge is 0.0296 e. The van der Waals surface area contributed by atoms with Crippen LogP contribution in [0.25, 0.3) is 0 Å². The summed E-state index contributed by atoms with van der Waals surface area (Å²) in [7, 11) is 0. The molecule has 0 aromatic rings. The van der Waals surface area contributed by atoms with Crippen molar-refractivity contribution in [2.24, 2.45) is 5.73 Å². The molecule has 2 rings (SSSR count). The van der Waals surface area contributed by atoms with Gasteiger partial charge in [-0.05, 0) is 26.2 Å². The van der Waals surface area contributed by atoms with E-state index >= 15 is 0 Å². The maximum atomic E-state index is 6.00. The van der Waals surface area contributed by atoms with Crippen molar-refractivity contribution in [1.29, 1.82) is 0 Å². The van der Waals surface area contributed by atoms with Gasteiger partial charge in [-0.25, -0.2) is 0 Å². The van der Waals surface area contributed by atoms with Gasteiger partial charge in [0.25, 0.3) is 0 Å². The third-order valence-corrected chi connectivity index (χ3v) is 2.72. The van der Waals surface area contributed by atoms with E-state index in [1.165, 1.54) is 19.3 Å². The van der Waals surface area contributed by atoms with E-state index in [-0.39, 0.29) is 5.54 Å². The molecule has 0 amide bonds. The van der Waals surface area contributed by atoms with Crippen molar-refractivity contribution in [3.8, 4) is 0 Å². The van der Waals surface area contributed by atoms with Crippen molar-refractivity contribution >= 4 is 0 Å². The van der Waals surface area contributed by atoms with Crippen molar-refractivity contribution in [2.75, 3.05) is 0 Å². The maximum Gasteiger partial charge on any atom is 0.0296 e. The van der Waals surface area contributed by atoms with E-state index in [4.69, 9.17) is 5.73 Å². The molecule has 2 heterocycles. The Labute approximate surface area is 55.8 Å². The van der Waals surface area contributed by atoms with Crippen LogP contribution in [0.5, 0.6) is 0 Å². The van der Waals surface area contributed by atoms with Crippen molar-refractivity contribution < 1.29 is 0 Å². The first-order valence-corrected chi connectivity index (χ1v) is 3.73. The van der Waals surface area contributed by atoms with E-state index in [1.807, 2.05) is 0 Å². The first kappa shape index (κ1) is 5.69. The lowest BCUT2D eigenvalue weighted by molar-refractivity contribution is 0.364. The lowest BCUT2D eigenvalue weighted by Gasteiger charge is -2.27. The zero-order valence-electron chi connectivity index (χ0n) is 5.85. The van der Waals surface area contributed by atoms with Gasteiger partial charge in [-0.1, -0.05) is 0 Å². The van der Waals surface area contributed by atoms with Gasteiger partial charge in [0, 0.05) is 17.6 Å². The Balaban J connectivity index is 2.18. The summed E-state index contributed by atoms with van der Waals surface area (Å²) in [5.41, 5.74) is 6.10. The lowest BCUT2D eigenvalue weighted by Crippen LogP contribution is -2.47. The monoisotopic (exact) mass is 126 g/mol. The molecule has 2 aliphatic heterocycles. The van der Waals surface area contributed by atoms with Gasteiger partial charge in [0.1, 0.15) is 0 Å². The molecular weight excluding hydrogens is 112 g/mol. The molecule has 3 atom stereocenters. The Morgan fingerprint density at radius 1 is 1.56 bits per heavy atom. The fraction of sp³-hybridized carbons (Fsp3) is 1.00. The SMILES string of the molecule is CC1(N)CC2CCC1N2. The van der Waals surface area contributed by atoms with Crippen molar-refractivity contribution in [3.05, 3.63) is 0 Å². The van der Waals surface area contributed by atoms with Gasteiger partial charge in [0.15, 0.2) is 0 Å². The summed E-state index contributed by atoms with van der Waals surface area (Å²) in [5.74, 6) is 0. The number of rotatable bonds is 0. The van der Waals surface area contributed by atoms with Crippen LogP contribution in [0.15, 0.2) is 0 Å². The minimum atomic E-state index is 0.100. The molecular formula is C7H14N2. The molecule has 0 aromatic heterocycles. The van der Waals surface area contributed by atoms with Crippen LogP contribution in [-0.2, 0) is 0 Å². The largest absolute Gasteiger partial charge is 0.324 e. The van der Waals surface area contributed by atoms with Gasteiger partial charge >= 0.3 is 0 Å². The third-order valence-electron chi connectivity index (χ3n) is 2.72. The van der Waals surface area contributed by atoms with Gasteiger partial charge < -0.3 is 11.1 Å². The highest BCUT2D eigenvalue weighted by Crippen LogP contribution is 2.34. The van der Waals surface area contributed by atoms with Crippen LogP contribution in [0, 0.1) is 0 Å². The predicted molar refractivity (Wildman–Crippen MR) is 37.2 cm³/mol. The summed E-state index contributed by atoms with van der Waals surface area (Å²) >= 11 is 0. The minimum Gasteiger partial charge on any atom is -0.324 e. The molecule has 2 heteroatoms. The molecule has 3 N–H and O–H groups in total. The summed E-state index contributed by atoms with van der Waals surface area (Å²) in [6.45, 7) is 2.16. The Hall–Kier alpha value is -0.0800. The van der Waals surface area contributed by atoms with Crippen LogP contribution in [0.3, 0.4) is 0 Å². The van der Waals surface area contributed by atoms with Crippen LogP contribution in [0.4, 0.5) is 0 Å². The normalized spacial score (nSPS) is 56.7. The molecule has 2 saturated heterocycles. The van der Waals surface area contributed by atoms with Crippen LogP contribution in [-0.4, -0.2) is 17.6 Å². The molecule has 0 radical (unpaired) electrons. The topological polar surface area (TPSA) is 38.0 Å². The van der Waals surface area contributed by atoms with E-state index in [2.05, 4.69) is 12.2 Å². The Morgan fingerprint density at radius 3 is 2.56 bits per heavy atom. The van der Waals surface area contributed by atoms with Crippen LogP contribution in [0.1, 0.15) is 26.2 Å². The molecule has 3 unspecified atom stereocenters. The van der Waals surface area contributed by atoms with E-state index in [1.54, 1.807) is 0 Å². The van der Waals surface area contributed by atoms with E-state index < -0.39 is 0 Å². The first-order valence-electron chi connectivity index (χ1n) is 3.73. The summed E-state index contributed by atoms with van der Waals surface area (Å²) < 4.78 is 0. The fourth-order valence-electron chi connectivity index (χ4n) is 2.17. The first-order chi connectivity index (χ1) is 4.18. The predicted octanol–water partition coefficient (Wildman–Crippen LogP) is 0.228. The number of nitrogens with one attached hydrogen (secondary N) is 1.